The minimum Gasteiger partial charge on any atom is -0.466 e. The highest BCUT2D eigenvalue weighted by atomic mass is 16.5. The Bertz CT molecular complexity index is 6120. The topological polar surface area (TPSA) is 105 Å². The molecule has 0 fully saturated rings. The molecule has 13 aromatic carbocycles. The molecule has 6 aliphatic carbocycles. The zero-order valence-electron chi connectivity index (χ0n) is 77.6. The monoisotopic (exact) mass is 1670 g/mol. The molecule has 0 spiro atoms. The lowest BCUT2D eigenvalue weighted by Gasteiger charge is -2.39. The molecule has 8 nitrogen and oxygen atoms in total. The van der Waals surface area contributed by atoms with Crippen LogP contribution in [0.5, 0.6) is 0 Å². The Morgan fingerprint density at radius 3 is 0.611 bits per heavy atom. The molecule has 13 aromatic rings. The van der Waals surface area contributed by atoms with Gasteiger partial charge in [-0.15, -0.1) is 0 Å². The van der Waals surface area contributed by atoms with Crippen LogP contribution in [0.3, 0.4) is 0 Å². The third-order valence-electron chi connectivity index (χ3n) is 28.8. The molecule has 642 valence electrons. The Morgan fingerprint density at radius 1 is 0.214 bits per heavy atom. The van der Waals surface area contributed by atoms with Crippen LogP contribution in [0, 0.1) is 41.5 Å². The first kappa shape index (κ1) is 88.6. The fraction of sp³-hybridized carbons (Fsp3) is 0.305. The molecule has 19 rings (SSSR count). The number of benzene rings is 13. The van der Waals surface area contributed by atoms with Crippen LogP contribution in [0.2, 0.25) is 0 Å². The smallest absolute Gasteiger partial charge is 0.302 e. The summed E-state index contributed by atoms with van der Waals surface area (Å²) in [7, 11) is 0. The van der Waals surface area contributed by atoms with Crippen LogP contribution in [0.4, 0.5) is 0 Å². The van der Waals surface area contributed by atoms with Gasteiger partial charge >= 0.3 is 23.9 Å². The normalized spacial score (nSPS) is 14.7. The minimum absolute atomic E-state index is 0.211. The molecule has 8 heteroatoms. The van der Waals surface area contributed by atoms with E-state index in [4.69, 9.17) is 0 Å². The van der Waals surface area contributed by atoms with Crippen molar-refractivity contribution in [1.82, 2.24) is 0 Å². The van der Waals surface area contributed by atoms with Crippen molar-refractivity contribution in [2.24, 2.45) is 0 Å². The van der Waals surface area contributed by atoms with Crippen molar-refractivity contribution in [2.75, 3.05) is 26.4 Å². The second-order valence-electron chi connectivity index (χ2n) is 35.2. The molecule has 0 saturated heterocycles. The van der Waals surface area contributed by atoms with Crippen molar-refractivity contribution in [3.8, 4) is 66.8 Å². The molecule has 6 aliphatic rings. The van der Waals surface area contributed by atoms with Crippen LogP contribution in [-0.2, 0) is 70.6 Å². The fourth-order valence-corrected chi connectivity index (χ4v) is 23.1. The third kappa shape index (κ3) is 13.8. The average molecular weight is 1670 g/mol. The molecular formula is C118H122O8. The van der Waals surface area contributed by atoms with E-state index in [1.165, 1.54) is 211 Å². The lowest BCUT2D eigenvalue weighted by atomic mass is 9.63. The predicted octanol–water partition coefficient (Wildman–Crippen LogP) is 28.2. The molecule has 0 heterocycles. The standard InChI is InChI=1S/C102H90.4C4H8O2/c1-13-97(14-2)85-55-76-73-25-19-22-28-82(73)100(67-43-31-61(7)32-44-67,68-45-33-62(8)34-46-68)88(76)58-79(85)91-92-80-59-89-77(74-26-20-23-29-83(74)101(89,69-47-35-63(9)36-48-69)70-49-37-64(10)38-50-70)56-86(80)98(15-3,16-4)95(92)96-93(94(91)97)81-60-90-78(57-87(81)99(96,17-5)18-6)75-27-21-24-30-84(75)102(90,71-51-39-65(11)40-52-71)72-53-41-66(12)42-54-72;4*1-3-6-4(2)5/h19-60H,13-18H2,1-12H3;4*3H2,1-2H3. The van der Waals surface area contributed by atoms with E-state index in [0.29, 0.717) is 26.4 Å². The van der Waals surface area contributed by atoms with Gasteiger partial charge in [0.2, 0.25) is 0 Å². The van der Waals surface area contributed by atoms with Gasteiger partial charge < -0.3 is 18.9 Å². The lowest BCUT2D eigenvalue weighted by molar-refractivity contribution is -0.141. The maximum atomic E-state index is 9.82. The largest absolute Gasteiger partial charge is 0.466 e. The summed E-state index contributed by atoms with van der Waals surface area (Å²) in [6.45, 7) is 43.3. The first-order chi connectivity index (χ1) is 60.8. The number of hydrogen-bond acceptors (Lipinski definition) is 8. The van der Waals surface area contributed by atoms with Crippen molar-refractivity contribution in [1.29, 1.82) is 0 Å². The highest BCUT2D eigenvalue weighted by Gasteiger charge is 2.60. The molecule has 0 bridgehead atoms. The van der Waals surface area contributed by atoms with Gasteiger partial charge in [-0.3, -0.25) is 19.2 Å². The maximum absolute atomic E-state index is 9.82. The van der Waals surface area contributed by atoms with Crippen LogP contribution in [-0.4, -0.2) is 50.3 Å². The van der Waals surface area contributed by atoms with Crippen molar-refractivity contribution in [2.45, 2.75) is 209 Å². The number of esters is 4. The molecule has 0 aromatic heterocycles. The zero-order valence-corrected chi connectivity index (χ0v) is 77.6. The van der Waals surface area contributed by atoms with Gasteiger partial charge in [-0.1, -0.05) is 293 Å². The lowest BCUT2D eigenvalue weighted by Crippen LogP contribution is -2.32. The van der Waals surface area contributed by atoms with Crippen molar-refractivity contribution in [3.05, 3.63) is 388 Å². The maximum Gasteiger partial charge on any atom is 0.302 e. The van der Waals surface area contributed by atoms with E-state index in [0.717, 1.165) is 38.5 Å². The van der Waals surface area contributed by atoms with Crippen molar-refractivity contribution in [3.63, 3.8) is 0 Å². The second kappa shape index (κ2) is 35.3. The van der Waals surface area contributed by atoms with Gasteiger partial charge in [0.05, 0.1) is 42.7 Å². The highest BCUT2D eigenvalue weighted by Crippen LogP contribution is 2.74. The van der Waals surface area contributed by atoms with Crippen LogP contribution in [0.25, 0.3) is 66.8 Å². The Hall–Kier alpha value is -12.3. The Balaban J connectivity index is 0.000000452. The summed E-state index contributed by atoms with van der Waals surface area (Å²) in [6, 6.07) is 103. The number of carbonyl (C=O) groups is 4. The summed E-state index contributed by atoms with van der Waals surface area (Å²) in [5, 5.41) is 0. The predicted molar refractivity (Wildman–Crippen MR) is 516 cm³/mol. The number of rotatable bonds is 16. The molecule has 0 radical (unpaired) electrons. The highest BCUT2D eigenvalue weighted by molar-refractivity contribution is 6.09. The van der Waals surface area contributed by atoms with E-state index in [1.54, 1.807) is 44.4 Å². The number of carbonyl (C=O) groups excluding carboxylic acids is 4. The molecule has 0 unspecified atom stereocenters. The number of fused-ring (bicyclic) bond motifs is 21. The van der Waals surface area contributed by atoms with Crippen LogP contribution < -0.4 is 0 Å². The third-order valence-corrected chi connectivity index (χ3v) is 28.8. The first-order valence-corrected chi connectivity index (χ1v) is 45.9. The SMILES string of the molecule is CCC1(CC)c2cc3c(cc2-c2c4c(c5c(c21)-c1cc2c(cc1C5(CC)CC)-c1ccccc1C2(c1ccc(C)cc1)c1ccc(C)cc1)C(CC)(CC)c1cc2c(cc1-4)C(c1ccc(C)cc1)(c1ccc(C)cc1)c1ccccc1-2)C(c1ccc(C)cc1)(c1ccc(C)cc1)c1ccccc1-3.CCOC(C)=O.CCOC(C)=O.CCOC(C)=O.CCOC(C)=O. The van der Waals surface area contributed by atoms with Crippen LogP contribution in [0.15, 0.2) is 255 Å². The van der Waals surface area contributed by atoms with E-state index < -0.39 is 16.2 Å². The number of hydrogen-bond donors (Lipinski definition) is 0. The number of ether oxygens (including phenoxy) is 4. The van der Waals surface area contributed by atoms with Crippen molar-refractivity contribution >= 4 is 23.9 Å². The second-order valence-corrected chi connectivity index (χ2v) is 35.2. The minimum atomic E-state index is -0.605. The molecule has 0 aliphatic heterocycles. The van der Waals surface area contributed by atoms with E-state index >= 15 is 0 Å². The van der Waals surface area contributed by atoms with Gasteiger partial charge in [0.15, 0.2) is 0 Å². The van der Waals surface area contributed by atoms with Crippen molar-refractivity contribution < 1.29 is 38.1 Å². The molecule has 0 amide bonds. The first-order valence-electron chi connectivity index (χ1n) is 45.9. The quantitative estimate of drug-likeness (QED) is 0.0696. The summed E-state index contributed by atoms with van der Waals surface area (Å²) in [6.07, 6.45) is 5.78. The summed E-state index contributed by atoms with van der Waals surface area (Å²) < 4.78 is 17.6. The van der Waals surface area contributed by atoms with E-state index in [9.17, 15) is 19.2 Å². The molecule has 0 N–H and O–H groups in total. The fourth-order valence-electron chi connectivity index (χ4n) is 23.1. The van der Waals surface area contributed by atoms with Gasteiger partial charge in [-0.25, -0.2) is 0 Å². The van der Waals surface area contributed by atoms with Crippen LogP contribution in [0.1, 0.15) is 269 Å². The van der Waals surface area contributed by atoms with E-state index in [1.807, 2.05) is 0 Å². The van der Waals surface area contributed by atoms with Gasteiger partial charge in [0.25, 0.3) is 0 Å². The average Bonchev–Trinajstić information content (AvgIpc) is 1.47. The molecule has 0 saturated carbocycles. The van der Waals surface area contributed by atoms with Gasteiger partial charge in [0, 0.05) is 43.9 Å². The van der Waals surface area contributed by atoms with E-state index in [-0.39, 0.29) is 40.1 Å². The Kier molecular flexibility index (Phi) is 24.8. The van der Waals surface area contributed by atoms with E-state index in [2.05, 4.69) is 357 Å². The Labute approximate surface area is 748 Å². The molecule has 0 atom stereocenters. The zero-order chi connectivity index (χ0) is 89.7. The van der Waals surface area contributed by atoms with Gasteiger partial charge in [-0.2, -0.15) is 0 Å². The summed E-state index contributed by atoms with van der Waals surface area (Å²) >= 11 is 0. The molecular weight excluding hydrogens is 1550 g/mol. The Morgan fingerprint density at radius 2 is 0.405 bits per heavy atom. The van der Waals surface area contributed by atoms with Gasteiger partial charge in [0.1, 0.15) is 0 Å². The van der Waals surface area contributed by atoms with Crippen LogP contribution >= 0.6 is 0 Å². The summed E-state index contributed by atoms with van der Waals surface area (Å²) in [4.78, 5) is 39.3. The summed E-state index contributed by atoms with van der Waals surface area (Å²) in [5.41, 5.74) is 47.0. The molecule has 126 heavy (non-hydrogen) atoms. The summed E-state index contributed by atoms with van der Waals surface area (Å²) in [5.74, 6) is -0.843. The van der Waals surface area contributed by atoms with Gasteiger partial charge in [-0.05, 0) is 311 Å². The number of aryl methyl sites for hydroxylation is 6.